The molecule has 0 saturated heterocycles. The fourth-order valence-corrected chi connectivity index (χ4v) is 3.56. The van der Waals surface area contributed by atoms with Gasteiger partial charge in [0.2, 0.25) is 11.8 Å². The van der Waals surface area contributed by atoms with Crippen molar-refractivity contribution in [2.24, 2.45) is 0 Å². The third-order valence-electron chi connectivity index (χ3n) is 3.51. The molecule has 27 heavy (non-hydrogen) atoms. The summed E-state index contributed by atoms with van der Waals surface area (Å²) in [5, 5.41) is 8.57. The molecule has 0 aliphatic carbocycles. The highest BCUT2D eigenvalue weighted by Gasteiger charge is 2.13. The van der Waals surface area contributed by atoms with E-state index in [0.717, 1.165) is 17.0 Å². The number of thiazole rings is 1. The standard InChI is InChI=1S/C17H18Cl2N4O3S/c1-3-13-9(2)27-17(22-13)23-15(25)8-20-14(24)7-21-16(26)11-5-4-10(18)6-12(11)19/h4-6H,3,7-8H2,1-2H3,(H,20,24)(H,21,26)(H,22,23,25). The molecule has 0 spiro atoms. The maximum absolute atomic E-state index is 12.0. The molecule has 7 nitrogen and oxygen atoms in total. The number of halogens is 2. The molecule has 0 atom stereocenters. The van der Waals surface area contributed by atoms with E-state index < -0.39 is 17.7 Å². The van der Waals surface area contributed by atoms with Gasteiger partial charge >= 0.3 is 0 Å². The number of hydrogen-bond acceptors (Lipinski definition) is 5. The Kier molecular flexibility index (Phi) is 7.58. The fraction of sp³-hybridized carbons (Fsp3) is 0.294. The molecule has 10 heteroatoms. The lowest BCUT2D eigenvalue weighted by Crippen LogP contribution is -2.40. The summed E-state index contributed by atoms with van der Waals surface area (Å²) in [5.41, 5.74) is 1.14. The molecule has 0 aliphatic heterocycles. The first kappa shape index (κ1) is 21.1. The minimum absolute atomic E-state index is 0.185. The van der Waals surface area contributed by atoms with Crippen LogP contribution in [0, 0.1) is 6.92 Å². The quantitative estimate of drug-likeness (QED) is 0.630. The molecule has 0 fully saturated rings. The van der Waals surface area contributed by atoms with Gasteiger partial charge in [-0.1, -0.05) is 30.1 Å². The fourth-order valence-electron chi connectivity index (χ4n) is 2.14. The van der Waals surface area contributed by atoms with Crippen molar-refractivity contribution in [1.29, 1.82) is 0 Å². The SMILES string of the molecule is CCc1nc(NC(=O)CNC(=O)CNC(=O)c2ccc(Cl)cc2Cl)sc1C. The van der Waals surface area contributed by atoms with E-state index in [9.17, 15) is 14.4 Å². The normalized spacial score (nSPS) is 10.4. The lowest BCUT2D eigenvalue weighted by Gasteiger charge is -2.08. The van der Waals surface area contributed by atoms with E-state index in [2.05, 4.69) is 20.9 Å². The van der Waals surface area contributed by atoms with Gasteiger partial charge in [-0.3, -0.25) is 14.4 Å². The summed E-state index contributed by atoms with van der Waals surface area (Å²) in [7, 11) is 0. The third kappa shape index (κ3) is 6.20. The van der Waals surface area contributed by atoms with Gasteiger partial charge in [-0.05, 0) is 31.5 Å². The Bertz CT molecular complexity index is 870. The number of nitrogens with one attached hydrogen (secondary N) is 3. The highest BCUT2D eigenvalue weighted by atomic mass is 35.5. The van der Waals surface area contributed by atoms with Crippen LogP contribution in [0.3, 0.4) is 0 Å². The van der Waals surface area contributed by atoms with Crippen molar-refractivity contribution in [1.82, 2.24) is 15.6 Å². The number of benzene rings is 1. The van der Waals surface area contributed by atoms with Crippen LogP contribution in [-0.2, 0) is 16.0 Å². The average Bonchev–Trinajstić information content (AvgIpc) is 2.97. The smallest absolute Gasteiger partial charge is 0.253 e. The van der Waals surface area contributed by atoms with E-state index in [1.807, 2.05) is 13.8 Å². The number of aryl methyl sites for hydroxylation is 2. The lowest BCUT2D eigenvalue weighted by atomic mass is 10.2. The second-order valence-electron chi connectivity index (χ2n) is 5.51. The zero-order chi connectivity index (χ0) is 20.0. The van der Waals surface area contributed by atoms with Gasteiger partial charge in [-0.2, -0.15) is 0 Å². The Morgan fingerprint density at radius 3 is 2.44 bits per heavy atom. The van der Waals surface area contributed by atoms with Crippen LogP contribution in [0.15, 0.2) is 18.2 Å². The molecule has 3 N–H and O–H groups in total. The highest BCUT2D eigenvalue weighted by Crippen LogP contribution is 2.22. The van der Waals surface area contributed by atoms with Gasteiger partial charge in [0.1, 0.15) is 0 Å². The lowest BCUT2D eigenvalue weighted by molar-refractivity contribution is -0.123. The molecule has 1 heterocycles. The first-order valence-electron chi connectivity index (χ1n) is 8.06. The average molecular weight is 429 g/mol. The highest BCUT2D eigenvalue weighted by molar-refractivity contribution is 7.15. The van der Waals surface area contributed by atoms with Crippen molar-refractivity contribution in [2.75, 3.05) is 18.4 Å². The molecule has 0 bridgehead atoms. The van der Waals surface area contributed by atoms with Crippen LogP contribution in [-0.4, -0.2) is 35.8 Å². The molecule has 2 aromatic rings. The summed E-state index contributed by atoms with van der Waals surface area (Å²) in [6, 6.07) is 4.43. The van der Waals surface area contributed by atoms with Crippen LogP contribution in [0.5, 0.6) is 0 Å². The summed E-state index contributed by atoms with van der Waals surface area (Å²) < 4.78 is 0. The van der Waals surface area contributed by atoms with Crippen molar-refractivity contribution in [3.8, 4) is 0 Å². The predicted octanol–water partition coefficient (Wildman–Crippen LogP) is 2.81. The van der Waals surface area contributed by atoms with Crippen molar-refractivity contribution >= 4 is 57.4 Å². The molecular formula is C17H18Cl2N4O3S. The number of aromatic nitrogens is 1. The number of anilines is 1. The Balaban J connectivity index is 1.76. The van der Waals surface area contributed by atoms with Crippen molar-refractivity contribution in [3.63, 3.8) is 0 Å². The minimum Gasteiger partial charge on any atom is -0.345 e. The third-order valence-corrected chi connectivity index (χ3v) is 4.98. The summed E-state index contributed by atoms with van der Waals surface area (Å²) in [6.07, 6.45) is 0.784. The van der Waals surface area contributed by atoms with E-state index >= 15 is 0 Å². The van der Waals surface area contributed by atoms with E-state index in [1.54, 1.807) is 0 Å². The van der Waals surface area contributed by atoms with E-state index in [0.29, 0.717) is 10.2 Å². The number of carbonyl (C=O) groups is 3. The molecule has 0 radical (unpaired) electrons. The summed E-state index contributed by atoms with van der Waals surface area (Å²) in [4.78, 5) is 41.1. The van der Waals surface area contributed by atoms with E-state index in [1.165, 1.54) is 29.5 Å². The molecule has 0 saturated carbocycles. The second kappa shape index (κ2) is 9.68. The van der Waals surface area contributed by atoms with Gasteiger partial charge in [0.25, 0.3) is 5.91 Å². The number of rotatable bonds is 7. The number of carbonyl (C=O) groups excluding carboxylic acids is 3. The van der Waals surface area contributed by atoms with Crippen molar-refractivity contribution in [2.45, 2.75) is 20.3 Å². The molecule has 1 aromatic heterocycles. The first-order valence-corrected chi connectivity index (χ1v) is 9.63. The molecule has 3 amide bonds. The predicted molar refractivity (Wildman–Crippen MR) is 107 cm³/mol. The maximum Gasteiger partial charge on any atom is 0.253 e. The molecule has 1 aromatic carbocycles. The first-order chi connectivity index (χ1) is 12.8. The van der Waals surface area contributed by atoms with Crippen LogP contribution >= 0.6 is 34.5 Å². The zero-order valence-corrected chi connectivity index (χ0v) is 17.0. The van der Waals surface area contributed by atoms with Gasteiger partial charge in [0.05, 0.1) is 29.4 Å². The largest absolute Gasteiger partial charge is 0.345 e. The Labute approximate surface area is 170 Å². The maximum atomic E-state index is 12.0. The number of hydrogen-bond donors (Lipinski definition) is 3. The topological polar surface area (TPSA) is 100 Å². The zero-order valence-electron chi connectivity index (χ0n) is 14.7. The Morgan fingerprint density at radius 1 is 1.11 bits per heavy atom. The van der Waals surface area contributed by atoms with Crippen LogP contribution in [0.25, 0.3) is 0 Å². The summed E-state index contributed by atoms with van der Waals surface area (Å²) in [6.45, 7) is 3.40. The summed E-state index contributed by atoms with van der Waals surface area (Å²) >= 11 is 13.1. The molecule has 0 unspecified atom stereocenters. The van der Waals surface area contributed by atoms with Crippen LogP contribution < -0.4 is 16.0 Å². The van der Waals surface area contributed by atoms with Crippen molar-refractivity contribution < 1.29 is 14.4 Å². The van der Waals surface area contributed by atoms with Gasteiger partial charge in [0, 0.05) is 9.90 Å². The Hall–Kier alpha value is -2.16. The van der Waals surface area contributed by atoms with Gasteiger partial charge in [0.15, 0.2) is 5.13 Å². The van der Waals surface area contributed by atoms with Gasteiger partial charge < -0.3 is 16.0 Å². The molecule has 144 valence electrons. The minimum atomic E-state index is -0.512. The Morgan fingerprint density at radius 2 is 1.81 bits per heavy atom. The summed E-state index contributed by atoms with van der Waals surface area (Å²) in [5.74, 6) is -1.42. The van der Waals surface area contributed by atoms with Crippen LogP contribution in [0.4, 0.5) is 5.13 Å². The second-order valence-corrected chi connectivity index (χ2v) is 7.55. The number of amides is 3. The molecular weight excluding hydrogens is 411 g/mol. The van der Waals surface area contributed by atoms with E-state index in [-0.39, 0.29) is 23.7 Å². The van der Waals surface area contributed by atoms with Crippen LogP contribution in [0.1, 0.15) is 27.9 Å². The molecule has 0 aliphatic rings. The molecule has 2 rings (SSSR count). The number of nitrogens with zero attached hydrogens (tertiary/aromatic N) is 1. The van der Waals surface area contributed by atoms with Crippen LogP contribution in [0.2, 0.25) is 10.0 Å². The van der Waals surface area contributed by atoms with E-state index in [4.69, 9.17) is 23.2 Å². The monoisotopic (exact) mass is 428 g/mol. The van der Waals surface area contributed by atoms with Crippen molar-refractivity contribution in [3.05, 3.63) is 44.4 Å². The van der Waals surface area contributed by atoms with Gasteiger partial charge in [-0.15, -0.1) is 11.3 Å². The van der Waals surface area contributed by atoms with Gasteiger partial charge in [-0.25, -0.2) is 4.98 Å².